The summed E-state index contributed by atoms with van der Waals surface area (Å²) in [5, 5.41) is 17.5. The third-order valence-electron chi connectivity index (χ3n) is 1.85. The van der Waals surface area contributed by atoms with Gasteiger partial charge in [-0.05, 0) is 24.1 Å². The minimum absolute atomic E-state index is 0.0125. The van der Waals surface area contributed by atoms with Crippen LogP contribution < -0.4 is 5.73 Å². The maximum atomic E-state index is 8.86. The van der Waals surface area contributed by atoms with Crippen molar-refractivity contribution in [3.63, 3.8) is 0 Å². The van der Waals surface area contributed by atoms with E-state index in [1.54, 1.807) is 18.3 Å². The molecule has 0 aliphatic rings. The smallest absolute Gasteiger partial charge is 0.0683 e. The van der Waals surface area contributed by atoms with Crippen molar-refractivity contribution in [1.82, 2.24) is 4.98 Å². The molecular weight excluding hydrogens is 168 g/mol. The van der Waals surface area contributed by atoms with Gasteiger partial charge in [0, 0.05) is 18.8 Å². The van der Waals surface area contributed by atoms with Gasteiger partial charge in [-0.25, -0.2) is 0 Å². The summed E-state index contributed by atoms with van der Waals surface area (Å²) in [5.41, 5.74) is 7.22. The SMILES string of the molecule is NC(CCO)c1cc(CO)ccn1. The van der Waals surface area contributed by atoms with E-state index in [4.69, 9.17) is 15.9 Å². The number of aliphatic hydroxyl groups is 2. The first-order valence-electron chi connectivity index (χ1n) is 4.20. The van der Waals surface area contributed by atoms with Crippen LogP contribution in [-0.4, -0.2) is 21.8 Å². The van der Waals surface area contributed by atoms with Crippen LogP contribution in [-0.2, 0) is 6.61 Å². The number of nitrogens with zero attached hydrogens (tertiary/aromatic N) is 1. The van der Waals surface area contributed by atoms with Crippen LogP contribution >= 0.6 is 0 Å². The van der Waals surface area contributed by atoms with Gasteiger partial charge in [0.25, 0.3) is 0 Å². The number of hydrogen-bond acceptors (Lipinski definition) is 4. The third kappa shape index (κ3) is 2.77. The molecule has 4 N–H and O–H groups in total. The highest BCUT2D eigenvalue weighted by Gasteiger charge is 2.06. The largest absolute Gasteiger partial charge is 0.396 e. The second-order valence-corrected chi connectivity index (χ2v) is 2.87. The second kappa shape index (κ2) is 4.91. The number of aromatic nitrogens is 1. The Morgan fingerprint density at radius 2 is 2.23 bits per heavy atom. The zero-order valence-corrected chi connectivity index (χ0v) is 7.35. The van der Waals surface area contributed by atoms with Crippen molar-refractivity contribution in [2.75, 3.05) is 6.61 Å². The molecule has 0 saturated heterocycles. The number of hydrogen-bond donors (Lipinski definition) is 3. The third-order valence-corrected chi connectivity index (χ3v) is 1.85. The average Bonchev–Trinajstić information content (AvgIpc) is 2.18. The van der Waals surface area contributed by atoms with Gasteiger partial charge in [-0.15, -0.1) is 0 Å². The summed E-state index contributed by atoms with van der Waals surface area (Å²) in [6.07, 6.45) is 2.10. The minimum atomic E-state index is -0.253. The molecule has 72 valence electrons. The summed E-state index contributed by atoms with van der Waals surface area (Å²) in [4.78, 5) is 4.06. The van der Waals surface area contributed by atoms with Crippen molar-refractivity contribution in [1.29, 1.82) is 0 Å². The van der Waals surface area contributed by atoms with E-state index >= 15 is 0 Å². The quantitative estimate of drug-likeness (QED) is 0.610. The van der Waals surface area contributed by atoms with Crippen molar-refractivity contribution in [3.05, 3.63) is 29.6 Å². The lowest BCUT2D eigenvalue weighted by Gasteiger charge is -2.09. The molecule has 0 spiro atoms. The van der Waals surface area contributed by atoms with Crippen LogP contribution in [0.25, 0.3) is 0 Å². The highest BCUT2D eigenvalue weighted by atomic mass is 16.3. The lowest BCUT2D eigenvalue weighted by Crippen LogP contribution is -2.13. The van der Waals surface area contributed by atoms with E-state index in [1.165, 1.54) is 0 Å². The first kappa shape index (κ1) is 10.1. The monoisotopic (exact) mass is 182 g/mol. The van der Waals surface area contributed by atoms with Gasteiger partial charge in [0.05, 0.1) is 12.3 Å². The van der Waals surface area contributed by atoms with E-state index in [1.807, 2.05) is 0 Å². The van der Waals surface area contributed by atoms with Gasteiger partial charge < -0.3 is 15.9 Å². The Kier molecular flexibility index (Phi) is 3.82. The Bertz CT molecular complexity index is 266. The summed E-state index contributed by atoms with van der Waals surface area (Å²) in [5.74, 6) is 0. The molecule has 4 nitrogen and oxygen atoms in total. The molecule has 0 saturated carbocycles. The Balaban J connectivity index is 2.75. The van der Waals surface area contributed by atoms with Crippen LogP contribution in [0, 0.1) is 0 Å². The molecule has 1 aromatic heterocycles. The van der Waals surface area contributed by atoms with Gasteiger partial charge in [-0.3, -0.25) is 4.98 Å². The van der Waals surface area contributed by atoms with Crippen molar-refractivity contribution in [3.8, 4) is 0 Å². The molecule has 1 heterocycles. The molecule has 0 aliphatic heterocycles. The normalized spacial score (nSPS) is 12.8. The van der Waals surface area contributed by atoms with Crippen molar-refractivity contribution >= 4 is 0 Å². The first-order valence-corrected chi connectivity index (χ1v) is 4.20. The number of aliphatic hydroxyl groups excluding tert-OH is 2. The van der Waals surface area contributed by atoms with Gasteiger partial charge in [-0.2, -0.15) is 0 Å². The topological polar surface area (TPSA) is 79.4 Å². The molecule has 1 aromatic rings. The van der Waals surface area contributed by atoms with Crippen molar-refractivity contribution in [2.45, 2.75) is 19.1 Å². The van der Waals surface area contributed by atoms with Crippen LogP contribution in [0.15, 0.2) is 18.3 Å². The maximum absolute atomic E-state index is 8.86. The predicted octanol–water partition coefficient (Wildman–Crippen LogP) is -0.0439. The summed E-state index contributed by atoms with van der Waals surface area (Å²) < 4.78 is 0. The summed E-state index contributed by atoms with van der Waals surface area (Å²) in [6.45, 7) is 0.0353. The van der Waals surface area contributed by atoms with Crippen molar-refractivity contribution < 1.29 is 10.2 Å². The molecule has 1 unspecified atom stereocenters. The van der Waals surface area contributed by atoms with Gasteiger partial charge >= 0.3 is 0 Å². The highest BCUT2D eigenvalue weighted by Crippen LogP contribution is 2.11. The molecule has 1 atom stereocenters. The Labute approximate surface area is 77.0 Å². The van der Waals surface area contributed by atoms with Crippen LogP contribution in [0.4, 0.5) is 0 Å². The molecule has 0 aliphatic carbocycles. The Hall–Kier alpha value is -0.970. The number of rotatable bonds is 4. The van der Waals surface area contributed by atoms with Crippen molar-refractivity contribution in [2.24, 2.45) is 5.73 Å². The molecule has 13 heavy (non-hydrogen) atoms. The van der Waals surface area contributed by atoms with E-state index in [0.717, 1.165) is 5.56 Å². The second-order valence-electron chi connectivity index (χ2n) is 2.87. The highest BCUT2D eigenvalue weighted by molar-refractivity contribution is 5.17. The van der Waals surface area contributed by atoms with E-state index in [2.05, 4.69) is 4.98 Å². The van der Waals surface area contributed by atoms with Gasteiger partial charge in [-0.1, -0.05) is 0 Å². The Morgan fingerprint density at radius 1 is 1.46 bits per heavy atom. The summed E-state index contributed by atoms with van der Waals surface area (Å²) in [7, 11) is 0. The lowest BCUT2D eigenvalue weighted by molar-refractivity contribution is 0.274. The van der Waals surface area contributed by atoms with E-state index in [0.29, 0.717) is 12.1 Å². The molecule has 4 heteroatoms. The molecule has 0 aromatic carbocycles. The lowest BCUT2D eigenvalue weighted by atomic mass is 10.1. The van der Waals surface area contributed by atoms with Gasteiger partial charge in [0.2, 0.25) is 0 Å². The van der Waals surface area contributed by atoms with Gasteiger partial charge in [0.15, 0.2) is 0 Å². The standard InChI is InChI=1S/C9H14N2O2/c10-8(2-4-12)9-5-7(6-13)1-3-11-9/h1,3,5,8,12-13H,2,4,6,10H2. The number of pyridine rings is 1. The molecule has 0 fully saturated rings. The maximum Gasteiger partial charge on any atom is 0.0683 e. The van der Waals surface area contributed by atoms with Crippen LogP contribution in [0.3, 0.4) is 0 Å². The molecule has 0 radical (unpaired) electrons. The zero-order chi connectivity index (χ0) is 9.68. The fourth-order valence-electron chi connectivity index (χ4n) is 1.08. The van der Waals surface area contributed by atoms with Crippen LogP contribution in [0.5, 0.6) is 0 Å². The predicted molar refractivity (Wildman–Crippen MR) is 48.8 cm³/mol. The molecule has 1 rings (SSSR count). The van der Waals surface area contributed by atoms with Gasteiger partial charge in [0.1, 0.15) is 0 Å². The molecule has 0 bridgehead atoms. The Morgan fingerprint density at radius 3 is 2.85 bits per heavy atom. The van der Waals surface area contributed by atoms with E-state index < -0.39 is 0 Å². The average molecular weight is 182 g/mol. The molecular formula is C9H14N2O2. The number of nitrogens with two attached hydrogens (primary N) is 1. The summed E-state index contributed by atoms with van der Waals surface area (Å²) in [6, 6.07) is 3.23. The summed E-state index contributed by atoms with van der Waals surface area (Å²) >= 11 is 0. The van der Waals surface area contributed by atoms with Crippen LogP contribution in [0.1, 0.15) is 23.7 Å². The molecule has 0 amide bonds. The van der Waals surface area contributed by atoms with E-state index in [9.17, 15) is 0 Å². The fourth-order valence-corrected chi connectivity index (χ4v) is 1.08. The van der Waals surface area contributed by atoms with Crippen LogP contribution in [0.2, 0.25) is 0 Å². The van der Waals surface area contributed by atoms with E-state index in [-0.39, 0.29) is 19.3 Å². The fraction of sp³-hybridized carbons (Fsp3) is 0.444. The first-order chi connectivity index (χ1) is 6.27. The minimum Gasteiger partial charge on any atom is -0.396 e. The zero-order valence-electron chi connectivity index (χ0n) is 7.35.